The highest BCUT2D eigenvalue weighted by molar-refractivity contribution is 9.10. The number of amides is 3. The highest BCUT2D eigenvalue weighted by atomic mass is 79.9. The van der Waals surface area contributed by atoms with Crippen LogP contribution < -0.4 is 5.46 Å². The minimum atomic E-state index is -0.590. The highest BCUT2D eigenvalue weighted by Gasteiger charge is 2.52. The van der Waals surface area contributed by atoms with Gasteiger partial charge in [-0.1, -0.05) is 19.9 Å². The van der Waals surface area contributed by atoms with Crippen LogP contribution in [0.25, 0.3) is 56.3 Å². The summed E-state index contributed by atoms with van der Waals surface area (Å²) in [6.07, 6.45) is 7.70. The fraction of sp³-hybridized carbons (Fsp3) is 0.387. The van der Waals surface area contributed by atoms with Crippen molar-refractivity contribution in [2.45, 2.75) is 171 Å². The first-order valence-electron chi connectivity index (χ1n) is 33.9. The molecule has 3 aromatic carbocycles. The van der Waals surface area contributed by atoms with Crippen LogP contribution >= 0.6 is 15.9 Å². The maximum absolute atomic E-state index is 13.6. The Morgan fingerprint density at radius 1 is 0.505 bits per heavy atom. The van der Waals surface area contributed by atoms with Crippen LogP contribution in [0.2, 0.25) is 0 Å². The van der Waals surface area contributed by atoms with Crippen LogP contribution in [-0.4, -0.2) is 135 Å². The number of hydrogen-bond donors (Lipinski definition) is 0. The van der Waals surface area contributed by atoms with E-state index in [2.05, 4.69) is 52.6 Å². The lowest BCUT2D eigenvalue weighted by Gasteiger charge is -2.32. The summed E-state index contributed by atoms with van der Waals surface area (Å²) in [5.41, 5.74) is 7.16. The fourth-order valence-electron chi connectivity index (χ4n) is 11.4. The molecule has 0 unspecified atom stereocenters. The molecule has 7 aromatic heterocycles. The monoisotopic (exact) mass is 1470 g/mol. The number of nitrogens with zero attached hydrogens (tertiary/aromatic N) is 15. The van der Waals surface area contributed by atoms with Crippen molar-refractivity contribution in [3.63, 3.8) is 0 Å². The maximum atomic E-state index is 13.6. The summed E-state index contributed by atoms with van der Waals surface area (Å²) in [5.74, 6) is 1.41. The summed E-state index contributed by atoms with van der Waals surface area (Å²) >= 11 is 3.57. The van der Waals surface area contributed by atoms with E-state index in [0.717, 1.165) is 66.7 Å². The Kier molecular flexibility index (Phi) is 22.2. The van der Waals surface area contributed by atoms with Gasteiger partial charge in [0.1, 0.15) is 96.8 Å². The van der Waals surface area contributed by atoms with Gasteiger partial charge in [-0.2, -0.15) is 10.5 Å². The molecule has 538 valence electrons. The third kappa shape index (κ3) is 17.6. The smallest absolute Gasteiger partial charge is 0.444 e. The molecule has 11 heterocycles. The second-order valence-electron chi connectivity index (χ2n) is 28.6. The standard InChI is InChI=1S/C25H23FN6O2.C17H19BrFN3O2.C17H20FN3O2.C14H16BN3O2.C2H6/c1-25(2,3)34-24(33)30-10-11-31-21(15-30)29-22(16-4-7-18(26)8-5-16)23(31)17-6-9-20-28-13-19(12-27)32(20)14-17;1-17(2,3)24-16(23)21-8-9-22-13(10-21)20-14(15(22)18)11-4-6-12(19)7-5-11;1-17(2,3)23-16(22)21-9-8-20-10-14(19-15(20)11-21)12-4-6-13(18)7-5-12;1-13(2)14(3,4)20-15(19-13)10-5-6-12-17-8-11(7-16)18(12)9-10;1-2/h4-9,13-14H,10-11,15H2,1-3H3;4-7H,8-10H2,1-3H3;4-7,10H,8-9,11H2,1-3H3;5-6,8-9H,1-4H3;1-2H3. The van der Waals surface area contributed by atoms with Crippen LogP contribution in [0.15, 0.2) is 133 Å². The number of pyridine rings is 2. The molecule has 0 radical (unpaired) electrons. The molecular weight excluding hydrogens is 1390 g/mol. The predicted molar refractivity (Wildman–Crippen MR) is 386 cm³/mol. The molecule has 1 fully saturated rings. The molecule has 0 aliphatic carbocycles. The molecule has 3 amide bonds. The number of carbonyl (C=O) groups is 3. The summed E-state index contributed by atoms with van der Waals surface area (Å²) in [6.45, 7) is 33.2. The van der Waals surface area contributed by atoms with Crippen LogP contribution in [0.1, 0.15) is 133 Å². The molecule has 14 rings (SSSR count). The first-order valence-corrected chi connectivity index (χ1v) is 34.7. The van der Waals surface area contributed by atoms with Gasteiger partial charge in [0.05, 0.1) is 60.3 Å². The molecule has 1 saturated heterocycles. The molecule has 0 N–H and O–H groups in total. The zero-order valence-corrected chi connectivity index (χ0v) is 62.1. The first kappa shape index (κ1) is 75.4. The lowest BCUT2D eigenvalue weighted by molar-refractivity contribution is 0.00578. The van der Waals surface area contributed by atoms with Crippen molar-refractivity contribution in [3.05, 3.63) is 179 Å². The zero-order valence-electron chi connectivity index (χ0n) is 60.6. The van der Waals surface area contributed by atoms with Crippen molar-refractivity contribution in [1.82, 2.24) is 62.1 Å². The summed E-state index contributed by atoms with van der Waals surface area (Å²) in [6, 6.07) is 30.5. The molecule has 0 saturated carbocycles. The number of benzene rings is 3. The Hall–Kier alpha value is -10.3. The number of halogens is 4. The molecule has 4 aliphatic rings. The van der Waals surface area contributed by atoms with E-state index in [1.807, 2.05) is 156 Å². The van der Waals surface area contributed by atoms with Gasteiger partial charge in [0.25, 0.3) is 0 Å². The van der Waals surface area contributed by atoms with E-state index in [0.29, 0.717) is 87.5 Å². The Labute approximate surface area is 605 Å². The third-order valence-electron chi connectivity index (χ3n) is 17.1. The van der Waals surface area contributed by atoms with Crippen molar-refractivity contribution in [2.24, 2.45) is 0 Å². The zero-order chi connectivity index (χ0) is 74.7. The van der Waals surface area contributed by atoms with E-state index in [-0.39, 0.29) is 46.9 Å². The van der Waals surface area contributed by atoms with Gasteiger partial charge in [-0.05, 0) is 202 Å². The van der Waals surface area contributed by atoms with Crippen LogP contribution in [0.4, 0.5) is 27.6 Å². The van der Waals surface area contributed by atoms with Crippen molar-refractivity contribution in [2.75, 3.05) is 19.6 Å². The van der Waals surface area contributed by atoms with Gasteiger partial charge < -0.3 is 37.2 Å². The average Bonchev–Trinajstić information content (AvgIpc) is 1.62. The van der Waals surface area contributed by atoms with E-state index < -0.39 is 23.9 Å². The largest absolute Gasteiger partial charge is 0.496 e. The van der Waals surface area contributed by atoms with Gasteiger partial charge in [0, 0.05) is 80.1 Å². The summed E-state index contributed by atoms with van der Waals surface area (Å²) in [7, 11) is -0.432. The van der Waals surface area contributed by atoms with Gasteiger partial charge in [-0.3, -0.25) is 23.5 Å². The lowest BCUT2D eigenvalue weighted by Crippen LogP contribution is -2.41. The lowest BCUT2D eigenvalue weighted by atomic mass is 9.80. The first-order chi connectivity index (χ1) is 48.6. The Morgan fingerprint density at radius 2 is 0.903 bits per heavy atom. The summed E-state index contributed by atoms with van der Waals surface area (Å²) in [4.78, 5) is 64.5. The van der Waals surface area contributed by atoms with Crippen molar-refractivity contribution < 1.29 is 51.1 Å². The van der Waals surface area contributed by atoms with Crippen molar-refractivity contribution in [3.8, 4) is 57.2 Å². The molecule has 103 heavy (non-hydrogen) atoms. The number of carbonyl (C=O) groups excluding carboxylic acids is 3. The Morgan fingerprint density at radius 3 is 1.38 bits per heavy atom. The molecule has 10 aromatic rings. The number of nitriles is 2. The molecular formula is C75H84BBrF3N15O8. The SMILES string of the molecule is CC.CC(C)(C)OC(=O)N1CCn2c(nc(-c3ccc(F)cc3)c2-c2ccc3ncc(C#N)n3c2)C1.CC(C)(C)OC(=O)N1CCn2c(nc(-c3ccc(F)cc3)c2Br)C1.CC(C)(C)OC(=O)N1CCn2cc(-c3ccc(F)cc3)nc2C1.CC1(C)OB(c2ccc3ncc(C#N)n3c2)OC1(C)C. The predicted octanol–water partition coefficient (Wildman–Crippen LogP) is 14.8. The number of rotatable bonds is 5. The summed E-state index contributed by atoms with van der Waals surface area (Å²) < 4.78 is 78.6. The molecule has 4 aliphatic heterocycles. The minimum absolute atomic E-state index is 0.270. The van der Waals surface area contributed by atoms with Crippen LogP contribution in [0.5, 0.6) is 0 Å². The second kappa shape index (κ2) is 30.3. The van der Waals surface area contributed by atoms with Gasteiger partial charge in [-0.25, -0.2) is 52.5 Å². The molecule has 0 bridgehead atoms. The van der Waals surface area contributed by atoms with Crippen LogP contribution in [0.3, 0.4) is 0 Å². The number of imidazole rings is 5. The molecule has 0 atom stereocenters. The number of hydrogen-bond acceptors (Lipinski definition) is 15. The Bertz CT molecular complexity index is 4800. The third-order valence-corrected chi connectivity index (χ3v) is 17.9. The van der Waals surface area contributed by atoms with Crippen molar-refractivity contribution in [1.29, 1.82) is 10.5 Å². The average molecular weight is 1470 g/mol. The van der Waals surface area contributed by atoms with Crippen molar-refractivity contribution >= 4 is 58.1 Å². The normalized spacial score (nSPS) is 15.1. The molecule has 23 nitrogen and oxygen atoms in total. The number of fused-ring (bicyclic) bond motifs is 5. The minimum Gasteiger partial charge on any atom is -0.444 e. The fourth-order valence-corrected chi connectivity index (χ4v) is 12.1. The Balaban J connectivity index is 0.000000149. The van der Waals surface area contributed by atoms with E-state index in [1.54, 1.807) is 66.1 Å². The van der Waals surface area contributed by atoms with E-state index in [9.17, 15) is 32.8 Å². The van der Waals surface area contributed by atoms with E-state index >= 15 is 0 Å². The van der Waals surface area contributed by atoms with Gasteiger partial charge in [-0.15, -0.1) is 0 Å². The number of aromatic nitrogens is 10. The van der Waals surface area contributed by atoms with Gasteiger partial charge in [0.2, 0.25) is 0 Å². The molecule has 0 spiro atoms. The summed E-state index contributed by atoms with van der Waals surface area (Å²) in [5, 5.41) is 18.5. The highest BCUT2D eigenvalue weighted by Crippen LogP contribution is 2.38. The van der Waals surface area contributed by atoms with Gasteiger partial charge in [0.15, 0.2) is 0 Å². The van der Waals surface area contributed by atoms with E-state index in [1.165, 1.54) is 42.6 Å². The topological polar surface area (TPSA) is 243 Å². The maximum Gasteiger partial charge on any atom is 0.496 e. The second-order valence-corrected chi connectivity index (χ2v) is 29.3. The van der Waals surface area contributed by atoms with Crippen LogP contribution in [0, 0.1) is 40.1 Å². The van der Waals surface area contributed by atoms with E-state index in [4.69, 9.17) is 33.8 Å². The quantitative estimate of drug-likeness (QED) is 0.115. The van der Waals surface area contributed by atoms with Gasteiger partial charge >= 0.3 is 25.4 Å². The van der Waals surface area contributed by atoms with Crippen LogP contribution in [-0.2, 0) is 62.8 Å². The number of ether oxygens (including phenoxy) is 3. The molecule has 28 heteroatoms.